The predicted octanol–water partition coefficient (Wildman–Crippen LogP) is 7.66. The number of hydrogen-bond donors (Lipinski definition) is 0. The Balaban J connectivity index is 1.57. The van der Waals surface area contributed by atoms with Gasteiger partial charge in [-0.05, 0) is 92.6 Å². The highest BCUT2D eigenvalue weighted by atomic mass is 32.2. The topological polar surface area (TPSA) is 34.1 Å². The summed E-state index contributed by atoms with van der Waals surface area (Å²) in [4.78, 5) is -0.274. The zero-order chi connectivity index (χ0) is 23.1. The van der Waals surface area contributed by atoms with E-state index in [4.69, 9.17) is 0 Å². The summed E-state index contributed by atoms with van der Waals surface area (Å²) >= 11 is 0. The largest absolute Gasteiger partial charge is 0.350 e. The van der Waals surface area contributed by atoms with E-state index in [0.29, 0.717) is 17.8 Å². The monoisotopic (exact) mass is 464 g/mol. The number of hydrogen-bond acceptors (Lipinski definition) is 2. The van der Waals surface area contributed by atoms with Gasteiger partial charge >= 0.3 is 5.25 Å². The molecule has 3 aliphatic rings. The van der Waals surface area contributed by atoms with Gasteiger partial charge in [-0.2, -0.15) is 8.78 Å². The van der Waals surface area contributed by atoms with Gasteiger partial charge in [0.25, 0.3) is 0 Å². The SMILES string of the molecule is C/C=C1/CCC2C3CCC(CC(F)(F)S(=O)(=O)c4ccccc4)C(CCC)C3CCC12C. The fourth-order valence-corrected chi connectivity index (χ4v) is 9.07. The number of benzene rings is 1. The van der Waals surface area contributed by atoms with E-state index in [2.05, 4.69) is 26.8 Å². The molecule has 178 valence electrons. The number of rotatable bonds is 6. The molecule has 6 atom stereocenters. The van der Waals surface area contributed by atoms with Crippen LogP contribution in [0.25, 0.3) is 0 Å². The van der Waals surface area contributed by atoms with E-state index in [1.807, 2.05) is 0 Å². The number of halogens is 2. The molecule has 0 aliphatic heterocycles. The third-order valence-electron chi connectivity index (χ3n) is 9.28. The van der Waals surface area contributed by atoms with Gasteiger partial charge in [-0.25, -0.2) is 8.42 Å². The zero-order valence-corrected chi connectivity index (χ0v) is 20.5. The Morgan fingerprint density at radius 2 is 1.81 bits per heavy atom. The molecule has 0 N–H and O–H groups in total. The second-order valence-corrected chi connectivity index (χ2v) is 12.8. The summed E-state index contributed by atoms with van der Waals surface area (Å²) in [6, 6.07) is 7.23. The highest BCUT2D eigenvalue weighted by molar-refractivity contribution is 7.92. The van der Waals surface area contributed by atoms with Gasteiger partial charge in [0, 0.05) is 6.42 Å². The first-order chi connectivity index (χ1) is 15.2. The van der Waals surface area contributed by atoms with Crippen LogP contribution in [0.3, 0.4) is 0 Å². The fraction of sp³-hybridized carbons (Fsp3) is 0.704. The van der Waals surface area contributed by atoms with Crippen LogP contribution in [0, 0.1) is 35.0 Å². The Kier molecular flexibility index (Phi) is 6.61. The first-order valence-electron chi connectivity index (χ1n) is 12.5. The van der Waals surface area contributed by atoms with E-state index in [9.17, 15) is 8.42 Å². The highest BCUT2D eigenvalue weighted by Crippen LogP contribution is 2.63. The molecule has 1 aromatic carbocycles. The van der Waals surface area contributed by atoms with Gasteiger partial charge in [0.1, 0.15) is 0 Å². The Hall–Kier alpha value is -1.23. The lowest BCUT2D eigenvalue weighted by molar-refractivity contribution is -0.0507. The van der Waals surface area contributed by atoms with Gasteiger partial charge in [0.15, 0.2) is 0 Å². The molecule has 32 heavy (non-hydrogen) atoms. The van der Waals surface area contributed by atoms with E-state index in [-0.39, 0.29) is 22.1 Å². The molecule has 0 bridgehead atoms. The van der Waals surface area contributed by atoms with Crippen LogP contribution in [0.15, 0.2) is 46.9 Å². The maximum atomic E-state index is 15.3. The van der Waals surface area contributed by atoms with Crippen LogP contribution < -0.4 is 0 Å². The Bertz CT molecular complexity index is 940. The molecule has 0 spiro atoms. The van der Waals surface area contributed by atoms with Crippen molar-refractivity contribution in [1.29, 1.82) is 0 Å². The summed E-state index contributed by atoms with van der Waals surface area (Å²) < 4.78 is 56.1. The number of sulfone groups is 1. The number of allylic oxidation sites excluding steroid dienone is 2. The minimum atomic E-state index is -4.68. The van der Waals surface area contributed by atoms with E-state index >= 15 is 8.78 Å². The summed E-state index contributed by atoms with van der Waals surface area (Å²) in [5, 5.41) is -3.73. The molecule has 5 heteroatoms. The van der Waals surface area contributed by atoms with Crippen LogP contribution in [0.4, 0.5) is 8.78 Å². The predicted molar refractivity (Wildman–Crippen MR) is 125 cm³/mol. The van der Waals surface area contributed by atoms with Crippen molar-refractivity contribution in [2.45, 2.75) is 88.7 Å². The molecule has 0 radical (unpaired) electrons. The van der Waals surface area contributed by atoms with Crippen molar-refractivity contribution >= 4 is 9.84 Å². The molecule has 0 saturated heterocycles. The lowest BCUT2D eigenvalue weighted by atomic mass is 9.51. The second kappa shape index (κ2) is 8.85. The quantitative estimate of drug-likeness (QED) is 0.405. The molecule has 4 rings (SSSR count). The van der Waals surface area contributed by atoms with Crippen LogP contribution >= 0.6 is 0 Å². The zero-order valence-electron chi connectivity index (χ0n) is 19.7. The summed E-state index contributed by atoms with van der Waals surface area (Å²) in [5.74, 6) is 1.68. The van der Waals surface area contributed by atoms with Gasteiger partial charge in [-0.3, -0.25) is 0 Å². The van der Waals surface area contributed by atoms with Gasteiger partial charge in [0.2, 0.25) is 9.84 Å². The second-order valence-electron chi connectivity index (χ2n) is 10.7. The first-order valence-corrected chi connectivity index (χ1v) is 14.0. The van der Waals surface area contributed by atoms with Gasteiger partial charge in [-0.15, -0.1) is 0 Å². The van der Waals surface area contributed by atoms with Crippen LogP contribution in [0.2, 0.25) is 0 Å². The van der Waals surface area contributed by atoms with Gasteiger partial charge in [-0.1, -0.05) is 56.5 Å². The molecule has 0 aromatic heterocycles. The third kappa shape index (κ3) is 3.86. The molecule has 3 aliphatic carbocycles. The summed E-state index contributed by atoms with van der Waals surface area (Å²) in [5.41, 5.74) is 1.87. The molecule has 2 nitrogen and oxygen atoms in total. The van der Waals surface area contributed by atoms with Crippen LogP contribution in [0.5, 0.6) is 0 Å². The molecule has 0 amide bonds. The number of fused-ring (bicyclic) bond motifs is 3. The molecule has 3 fully saturated rings. The average Bonchev–Trinajstić information content (AvgIpc) is 3.12. The van der Waals surface area contributed by atoms with E-state index in [1.54, 1.807) is 11.6 Å². The summed E-state index contributed by atoms with van der Waals surface area (Å²) in [6.45, 7) is 6.71. The Labute approximate surface area is 192 Å². The maximum Gasteiger partial charge on any atom is 0.350 e. The normalized spacial score (nSPS) is 36.7. The van der Waals surface area contributed by atoms with Crippen molar-refractivity contribution in [1.82, 2.24) is 0 Å². The highest BCUT2D eigenvalue weighted by Gasteiger charge is 2.56. The molecular formula is C27H38F2O2S. The van der Waals surface area contributed by atoms with Crippen molar-refractivity contribution in [3.05, 3.63) is 42.0 Å². The molecule has 0 heterocycles. The lowest BCUT2D eigenvalue weighted by Gasteiger charge is -2.54. The molecular weight excluding hydrogens is 426 g/mol. The third-order valence-corrected chi connectivity index (χ3v) is 11.1. The molecule has 6 unspecified atom stereocenters. The van der Waals surface area contributed by atoms with E-state index < -0.39 is 21.5 Å². The van der Waals surface area contributed by atoms with Crippen LogP contribution in [0.1, 0.15) is 78.6 Å². The molecule has 3 saturated carbocycles. The fourth-order valence-electron chi connectivity index (χ4n) is 7.78. The minimum absolute atomic E-state index is 0.204. The Morgan fingerprint density at radius 1 is 1.09 bits per heavy atom. The van der Waals surface area contributed by atoms with Crippen molar-refractivity contribution in [2.24, 2.45) is 35.0 Å². The first kappa shape index (κ1) is 23.9. The van der Waals surface area contributed by atoms with Crippen LogP contribution in [-0.4, -0.2) is 13.7 Å². The van der Waals surface area contributed by atoms with Gasteiger partial charge in [0.05, 0.1) is 4.90 Å². The number of alkyl halides is 2. The molecule has 1 aromatic rings. The van der Waals surface area contributed by atoms with E-state index in [1.165, 1.54) is 37.1 Å². The standard InChI is InChI=1S/C27H38F2O2S/c1-4-9-22-19(18-27(28,29)32(30,31)21-10-7-6-8-11-21)12-14-24-23(22)16-17-26(3)20(5-2)13-15-25(24)26/h5-8,10-11,19,22-25H,4,9,12-18H2,1-3H3/b20-5-. The van der Waals surface area contributed by atoms with Crippen molar-refractivity contribution in [2.75, 3.05) is 0 Å². The smallest absolute Gasteiger partial charge is 0.217 e. The average molecular weight is 465 g/mol. The van der Waals surface area contributed by atoms with Crippen molar-refractivity contribution < 1.29 is 17.2 Å². The van der Waals surface area contributed by atoms with Crippen molar-refractivity contribution in [3.8, 4) is 0 Å². The summed E-state index contributed by atoms with van der Waals surface area (Å²) in [7, 11) is -4.68. The maximum absolute atomic E-state index is 15.3. The Morgan fingerprint density at radius 3 is 2.47 bits per heavy atom. The lowest BCUT2D eigenvalue weighted by Crippen LogP contribution is -2.47. The summed E-state index contributed by atoms with van der Waals surface area (Å²) in [6.07, 6.45) is 9.98. The van der Waals surface area contributed by atoms with Gasteiger partial charge < -0.3 is 0 Å². The van der Waals surface area contributed by atoms with E-state index in [0.717, 1.165) is 38.5 Å². The van der Waals surface area contributed by atoms with Crippen molar-refractivity contribution in [3.63, 3.8) is 0 Å². The van der Waals surface area contributed by atoms with Crippen LogP contribution in [-0.2, 0) is 9.84 Å². The minimum Gasteiger partial charge on any atom is -0.217 e.